The maximum Gasteiger partial charge on any atom is 0.330 e. The van der Waals surface area contributed by atoms with E-state index < -0.39 is 5.97 Å². The molecule has 0 radical (unpaired) electrons. The molecule has 1 aliphatic rings. The maximum atomic E-state index is 12.0. The molecule has 6 heteroatoms. The summed E-state index contributed by atoms with van der Waals surface area (Å²) in [5, 5.41) is 0. The summed E-state index contributed by atoms with van der Waals surface area (Å²) >= 11 is 1.36. The molecule has 1 aromatic heterocycles. The minimum atomic E-state index is -0.436. The van der Waals surface area contributed by atoms with Gasteiger partial charge in [-0.15, -0.1) is 0 Å². The van der Waals surface area contributed by atoms with Crippen LogP contribution in [0.4, 0.5) is 0 Å². The van der Waals surface area contributed by atoms with Crippen molar-refractivity contribution in [3.05, 3.63) is 31.8 Å². The summed E-state index contributed by atoms with van der Waals surface area (Å²) in [6, 6.07) is 0. The lowest BCUT2D eigenvalue weighted by molar-refractivity contribution is -0.134. The van der Waals surface area contributed by atoms with Crippen molar-refractivity contribution in [1.82, 2.24) is 4.57 Å². The molecule has 0 saturated carbocycles. The van der Waals surface area contributed by atoms with Gasteiger partial charge < -0.3 is 4.74 Å². The average molecular weight is 266 g/mol. The van der Waals surface area contributed by atoms with E-state index in [-0.39, 0.29) is 5.56 Å². The summed E-state index contributed by atoms with van der Waals surface area (Å²) in [5.41, 5.74) is -0.0323. The van der Waals surface area contributed by atoms with Crippen molar-refractivity contribution in [2.75, 3.05) is 13.7 Å². The van der Waals surface area contributed by atoms with Crippen molar-refractivity contribution in [1.29, 1.82) is 0 Å². The predicted molar refractivity (Wildman–Crippen MR) is 69.1 cm³/mol. The van der Waals surface area contributed by atoms with Crippen molar-refractivity contribution >= 4 is 23.4 Å². The Kier molecular flexibility index (Phi) is 4.09. The molecule has 0 unspecified atom stereocenters. The number of hydrogen-bond acceptors (Lipinski definition) is 5. The summed E-state index contributed by atoms with van der Waals surface area (Å²) in [6.45, 7) is 1.50. The number of carbonyl (C=O) groups excluding carboxylic acids is 1. The SMILES string of the molecule is COC(=O)/C=C/C=c1\sc2n(c1=O)CCCCN=2. The Balaban J connectivity index is 2.39. The first-order valence-corrected chi connectivity index (χ1v) is 6.54. The summed E-state index contributed by atoms with van der Waals surface area (Å²) in [5.74, 6) is -0.436. The molecule has 0 spiro atoms. The van der Waals surface area contributed by atoms with Crippen LogP contribution in [-0.2, 0) is 16.1 Å². The lowest BCUT2D eigenvalue weighted by Gasteiger charge is -1.94. The third-order valence-corrected chi connectivity index (χ3v) is 3.67. The van der Waals surface area contributed by atoms with E-state index in [0.717, 1.165) is 30.7 Å². The number of rotatable bonds is 2. The highest BCUT2D eigenvalue weighted by molar-refractivity contribution is 7.07. The number of aromatic nitrogens is 1. The van der Waals surface area contributed by atoms with Crippen LogP contribution in [0.1, 0.15) is 12.8 Å². The van der Waals surface area contributed by atoms with E-state index in [9.17, 15) is 9.59 Å². The van der Waals surface area contributed by atoms with Gasteiger partial charge in [-0.25, -0.2) is 4.79 Å². The Bertz CT molecular complexity index is 639. The van der Waals surface area contributed by atoms with Gasteiger partial charge in [0.2, 0.25) is 0 Å². The van der Waals surface area contributed by atoms with Gasteiger partial charge in [0.05, 0.1) is 11.6 Å². The summed E-state index contributed by atoms with van der Waals surface area (Å²) in [6.07, 6.45) is 6.44. The Morgan fingerprint density at radius 3 is 3.11 bits per heavy atom. The molecule has 1 aromatic rings. The second kappa shape index (κ2) is 5.77. The van der Waals surface area contributed by atoms with Crippen LogP contribution in [0.3, 0.4) is 0 Å². The molecule has 0 saturated heterocycles. The molecule has 0 fully saturated rings. The lowest BCUT2D eigenvalue weighted by atomic mass is 10.3. The fourth-order valence-corrected chi connectivity index (χ4v) is 2.66. The van der Waals surface area contributed by atoms with E-state index >= 15 is 0 Å². The van der Waals surface area contributed by atoms with Crippen molar-refractivity contribution < 1.29 is 9.53 Å². The third kappa shape index (κ3) is 2.76. The largest absolute Gasteiger partial charge is 0.466 e. The molecule has 2 heterocycles. The van der Waals surface area contributed by atoms with Crippen molar-refractivity contribution in [2.24, 2.45) is 4.99 Å². The number of fused-ring (bicyclic) bond motifs is 1. The Morgan fingerprint density at radius 2 is 2.33 bits per heavy atom. The first-order chi connectivity index (χ1) is 8.72. The maximum absolute atomic E-state index is 12.0. The first kappa shape index (κ1) is 12.8. The first-order valence-electron chi connectivity index (χ1n) is 5.73. The number of carbonyl (C=O) groups is 1. The number of allylic oxidation sites excluding steroid dienone is 1. The van der Waals surface area contributed by atoms with E-state index in [1.807, 2.05) is 0 Å². The highest BCUT2D eigenvalue weighted by Crippen LogP contribution is 1.95. The molecule has 18 heavy (non-hydrogen) atoms. The van der Waals surface area contributed by atoms with E-state index in [4.69, 9.17) is 0 Å². The van der Waals surface area contributed by atoms with Crippen molar-refractivity contribution in [3.8, 4) is 0 Å². The number of methoxy groups -OCH3 is 1. The molecule has 0 atom stereocenters. The van der Waals surface area contributed by atoms with Gasteiger partial charge in [-0.2, -0.15) is 0 Å². The average Bonchev–Trinajstić information content (AvgIpc) is 2.57. The fourth-order valence-electron chi connectivity index (χ4n) is 1.68. The minimum absolute atomic E-state index is 0.0323. The van der Waals surface area contributed by atoms with Crippen molar-refractivity contribution in [2.45, 2.75) is 19.4 Å². The van der Waals surface area contributed by atoms with Crippen LogP contribution >= 0.6 is 11.3 Å². The minimum Gasteiger partial charge on any atom is -0.466 e. The summed E-state index contributed by atoms with van der Waals surface area (Å²) < 4.78 is 6.77. The molecule has 0 aliphatic carbocycles. The molecular weight excluding hydrogens is 252 g/mol. The topological polar surface area (TPSA) is 60.7 Å². The van der Waals surface area contributed by atoms with E-state index in [0.29, 0.717) is 4.53 Å². The summed E-state index contributed by atoms with van der Waals surface area (Å²) in [7, 11) is 1.31. The molecule has 2 rings (SSSR count). The number of thiazole rings is 1. The molecule has 1 aliphatic heterocycles. The molecule has 0 aromatic carbocycles. The molecule has 0 amide bonds. The predicted octanol–water partition coefficient (Wildman–Crippen LogP) is -0.167. The summed E-state index contributed by atoms with van der Waals surface area (Å²) in [4.78, 5) is 28.1. The van der Waals surface area contributed by atoms with Crippen LogP contribution in [0, 0.1) is 0 Å². The Labute approximate surface area is 108 Å². The quantitative estimate of drug-likeness (QED) is 0.552. The molecule has 0 N–H and O–H groups in total. The molecule has 0 bridgehead atoms. The second-order valence-electron chi connectivity index (χ2n) is 3.84. The Hall–Kier alpha value is -1.69. The van der Waals surface area contributed by atoms with E-state index in [1.54, 1.807) is 10.6 Å². The van der Waals surface area contributed by atoms with Gasteiger partial charge in [0.25, 0.3) is 5.56 Å². The van der Waals surface area contributed by atoms with Gasteiger partial charge >= 0.3 is 5.97 Å². The highest BCUT2D eigenvalue weighted by atomic mass is 32.1. The van der Waals surface area contributed by atoms with Crippen LogP contribution in [0.15, 0.2) is 21.9 Å². The lowest BCUT2D eigenvalue weighted by Crippen LogP contribution is -2.30. The zero-order valence-corrected chi connectivity index (χ0v) is 10.9. The Morgan fingerprint density at radius 1 is 1.50 bits per heavy atom. The smallest absolute Gasteiger partial charge is 0.330 e. The van der Waals surface area contributed by atoms with Crippen LogP contribution in [0.25, 0.3) is 6.08 Å². The van der Waals surface area contributed by atoms with Crippen LogP contribution in [-0.4, -0.2) is 24.2 Å². The van der Waals surface area contributed by atoms with Gasteiger partial charge in [-0.05, 0) is 18.9 Å². The zero-order chi connectivity index (χ0) is 13.0. The van der Waals surface area contributed by atoms with Gasteiger partial charge in [-0.1, -0.05) is 17.4 Å². The second-order valence-corrected chi connectivity index (χ2v) is 4.85. The number of ether oxygens (including phenoxy) is 1. The molecule has 5 nitrogen and oxygen atoms in total. The van der Waals surface area contributed by atoms with Crippen molar-refractivity contribution in [3.63, 3.8) is 0 Å². The zero-order valence-electron chi connectivity index (χ0n) is 10.1. The number of nitrogens with zero attached hydrogens (tertiary/aromatic N) is 2. The van der Waals surface area contributed by atoms with E-state index in [1.165, 1.54) is 30.6 Å². The van der Waals surface area contributed by atoms with Crippen LogP contribution in [0.5, 0.6) is 0 Å². The molecule has 96 valence electrons. The monoisotopic (exact) mass is 266 g/mol. The standard InChI is InChI=1S/C12H14N2O3S/c1-17-10(15)6-4-5-9-11(16)14-8-3-2-7-13-12(14)18-9/h4-6H,2-3,7-8H2,1H3/b6-4+,9-5-. The fraction of sp³-hybridized carbons (Fsp3) is 0.417. The van der Waals surface area contributed by atoms with Crippen LogP contribution in [0.2, 0.25) is 0 Å². The number of esters is 1. The number of hydrogen-bond donors (Lipinski definition) is 0. The van der Waals surface area contributed by atoms with Gasteiger partial charge in [0.15, 0.2) is 4.80 Å². The van der Waals surface area contributed by atoms with Gasteiger partial charge in [0.1, 0.15) is 0 Å². The molecular formula is C12H14N2O3S. The van der Waals surface area contributed by atoms with E-state index in [2.05, 4.69) is 9.73 Å². The van der Waals surface area contributed by atoms with Crippen LogP contribution < -0.4 is 14.9 Å². The highest BCUT2D eigenvalue weighted by Gasteiger charge is 2.07. The normalized spacial score (nSPS) is 16.2. The van der Waals surface area contributed by atoms with Gasteiger partial charge in [-0.3, -0.25) is 14.4 Å². The van der Waals surface area contributed by atoms with Gasteiger partial charge in [0, 0.05) is 19.2 Å². The third-order valence-electron chi connectivity index (χ3n) is 2.61.